The van der Waals surface area contributed by atoms with E-state index in [1.165, 1.54) is 16.8 Å². The molecule has 0 fully saturated rings. The van der Waals surface area contributed by atoms with Gasteiger partial charge < -0.3 is 10.2 Å². The van der Waals surface area contributed by atoms with E-state index < -0.39 is 0 Å². The Hall–Kier alpha value is -1.80. The van der Waals surface area contributed by atoms with Gasteiger partial charge in [0.1, 0.15) is 0 Å². The van der Waals surface area contributed by atoms with Crippen molar-refractivity contribution in [1.82, 2.24) is 4.90 Å². The van der Waals surface area contributed by atoms with Crippen molar-refractivity contribution in [2.75, 3.05) is 26.0 Å². The molecule has 100 valence electrons. The summed E-state index contributed by atoms with van der Waals surface area (Å²) in [4.78, 5) is 2.21. The van der Waals surface area contributed by atoms with Gasteiger partial charge in [0.25, 0.3) is 0 Å². The number of para-hydroxylation sites is 1. The normalized spacial score (nSPS) is 10.7. The van der Waals surface area contributed by atoms with Crippen molar-refractivity contribution in [2.24, 2.45) is 0 Å². The van der Waals surface area contributed by atoms with Crippen LogP contribution in [-0.4, -0.2) is 25.5 Å². The van der Waals surface area contributed by atoms with Crippen molar-refractivity contribution in [3.63, 3.8) is 0 Å². The van der Waals surface area contributed by atoms with Gasteiger partial charge in [-0.05, 0) is 43.8 Å². The van der Waals surface area contributed by atoms with Gasteiger partial charge in [0.15, 0.2) is 0 Å². The number of likely N-dealkylation sites (N-methyl/N-ethyl adjacent to an activating group) is 1. The first-order valence-electron chi connectivity index (χ1n) is 6.75. The molecule has 0 aliphatic heterocycles. The van der Waals surface area contributed by atoms with Gasteiger partial charge in [-0.2, -0.15) is 0 Å². The second kappa shape index (κ2) is 6.95. The zero-order chi connectivity index (χ0) is 13.5. The Bertz CT molecular complexity index is 474. The highest BCUT2D eigenvalue weighted by Gasteiger charge is 1.97. The monoisotopic (exact) mass is 254 g/mol. The van der Waals surface area contributed by atoms with E-state index in [9.17, 15) is 0 Å². The molecule has 0 saturated carbocycles. The molecule has 0 aliphatic rings. The number of anilines is 1. The quantitative estimate of drug-likeness (QED) is 0.850. The van der Waals surface area contributed by atoms with Gasteiger partial charge in [-0.15, -0.1) is 0 Å². The van der Waals surface area contributed by atoms with Gasteiger partial charge in [-0.1, -0.05) is 42.5 Å². The number of benzene rings is 2. The molecule has 0 radical (unpaired) electrons. The Morgan fingerprint density at radius 1 is 0.842 bits per heavy atom. The highest BCUT2D eigenvalue weighted by Crippen LogP contribution is 2.10. The van der Waals surface area contributed by atoms with Crippen molar-refractivity contribution in [1.29, 1.82) is 0 Å². The molecule has 2 heteroatoms. The van der Waals surface area contributed by atoms with Crippen molar-refractivity contribution in [2.45, 2.75) is 13.0 Å². The molecule has 0 spiro atoms. The standard InChI is InChI=1S/C17H22N2/c1-19(2)13-12-15-8-10-16(11-9-15)14-18-17-6-4-3-5-7-17/h3-11,18H,12-14H2,1-2H3. The fourth-order valence-corrected chi connectivity index (χ4v) is 1.94. The Morgan fingerprint density at radius 3 is 2.11 bits per heavy atom. The molecule has 0 aliphatic carbocycles. The lowest BCUT2D eigenvalue weighted by atomic mass is 10.1. The molecule has 1 N–H and O–H groups in total. The van der Waals surface area contributed by atoms with Crippen LogP contribution in [0.4, 0.5) is 5.69 Å². The third kappa shape index (κ3) is 4.76. The van der Waals surface area contributed by atoms with E-state index in [1.54, 1.807) is 0 Å². The zero-order valence-corrected chi connectivity index (χ0v) is 11.8. The molecule has 0 aromatic heterocycles. The van der Waals surface area contributed by atoms with Crippen molar-refractivity contribution in [3.8, 4) is 0 Å². The summed E-state index contributed by atoms with van der Waals surface area (Å²) in [6.07, 6.45) is 1.11. The van der Waals surface area contributed by atoms with Gasteiger partial charge in [-0.25, -0.2) is 0 Å². The van der Waals surface area contributed by atoms with Crippen LogP contribution in [0.25, 0.3) is 0 Å². The maximum atomic E-state index is 3.42. The molecule has 0 bridgehead atoms. The Labute approximate surface area is 116 Å². The average molecular weight is 254 g/mol. The van der Waals surface area contributed by atoms with Crippen LogP contribution in [-0.2, 0) is 13.0 Å². The molecular weight excluding hydrogens is 232 g/mol. The maximum absolute atomic E-state index is 3.42. The van der Waals surface area contributed by atoms with Crippen LogP contribution < -0.4 is 5.32 Å². The van der Waals surface area contributed by atoms with Crippen LogP contribution in [0.15, 0.2) is 54.6 Å². The highest BCUT2D eigenvalue weighted by atomic mass is 15.0. The summed E-state index contributed by atoms with van der Waals surface area (Å²) in [6, 6.07) is 19.2. The average Bonchev–Trinajstić information content (AvgIpc) is 2.45. The number of hydrogen-bond acceptors (Lipinski definition) is 2. The van der Waals surface area contributed by atoms with Gasteiger partial charge in [0, 0.05) is 18.8 Å². The Morgan fingerprint density at radius 2 is 1.47 bits per heavy atom. The number of nitrogens with one attached hydrogen (secondary N) is 1. The minimum Gasteiger partial charge on any atom is -0.381 e. The van der Waals surface area contributed by atoms with Crippen LogP contribution in [0.2, 0.25) is 0 Å². The Kier molecular flexibility index (Phi) is 4.99. The molecule has 0 saturated heterocycles. The smallest absolute Gasteiger partial charge is 0.0400 e. The molecular formula is C17H22N2. The van der Waals surface area contributed by atoms with Crippen molar-refractivity contribution < 1.29 is 0 Å². The fourth-order valence-electron chi connectivity index (χ4n) is 1.94. The van der Waals surface area contributed by atoms with E-state index in [4.69, 9.17) is 0 Å². The van der Waals surface area contributed by atoms with Gasteiger partial charge >= 0.3 is 0 Å². The SMILES string of the molecule is CN(C)CCc1ccc(CNc2ccccc2)cc1. The summed E-state index contributed by atoms with van der Waals surface area (Å²) in [6.45, 7) is 1.97. The van der Waals surface area contributed by atoms with Crippen molar-refractivity contribution in [3.05, 3.63) is 65.7 Å². The van der Waals surface area contributed by atoms with Gasteiger partial charge in [-0.3, -0.25) is 0 Å². The van der Waals surface area contributed by atoms with Gasteiger partial charge in [0.05, 0.1) is 0 Å². The first kappa shape index (κ1) is 13.6. The van der Waals surface area contributed by atoms with E-state index in [-0.39, 0.29) is 0 Å². The second-order valence-electron chi connectivity index (χ2n) is 5.09. The van der Waals surface area contributed by atoms with Crippen LogP contribution in [0, 0.1) is 0 Å². The van der Waals surface area contributed by atoms with E-state index in [2.05, 4.69) is 60.7 Å². The van der Waals surface area contributed by atoms with Crippen LogP contribution >= 0.6 is 0 Å². The third-order valence-corrected chi connectivity index (χ3v) is 3.14. The van der Waals surface area contributed by atoms with E-state index in [0.29, 0.717) is 0 Å². The molecule has 0 heterocycles. The molecule has 2 rings (SSSR count). The summed E-state index contributed by atoms with van der Waals surface area (Å²) in [7, 11) is 4.22. The minimum absolute atomic E-state index is 0.873. The number of hydrogen-bond donors (Lipinski definition) is 1. The first-order chi connectivity index (χ1) is 9.24. The van der Waals surface area contributed by atoms with E-state index in [1.807, 2.05) is 18.2 Å². The molecule has 0 unspecified atom stereocenters. The largest absolute Gasteiger partial charge is 0.381 e. The number of nitrogens with zero attached hydrogens (tertiary/aromatic N) is 1. The number of rotatable bonds is 6. The summed E-state index contributed by atoms with van der Waals surface area (Å²) in [5, 5.41) is 3.42. The topological polar surface area (TPSA) is 15.3 Å². The lowest BCUT2D eigenvalue weighted by Gasteiger charge is -2.10. The highest BCUT2D eigenvalue weighted by molar-refractivity contribution is 5.43. The summed E-state index contributed by atoms with van der Waals surface area (Å²) in [5.74, 6) is 0. The van der Waals surface area contributed by atoms with Crippen molar-refractivity contribution >= 4 is 5.69 Å². The van der Waals surface area contributed by atoms with Crippen LogP contribution in [0.1, 0.15) is 11.1 Å². The predicted molar refractivity (Wildman–Crippen MR) is 82.5 cm³/mol. The van der Waals surface area contributed by atoms with Gasteiger partial charge in [0.2, 0.25) is 0 Å². The molecule has 2 aromatic carbocycles. The Balaban J connectivity index is 1.85. The van der Waals surface area contributed by atoms with E-state index in [0.717, 1.165) is 19.5 Å². The molecule has 2 aromatic rings. The summed E-state index contributed by atoms with van der Waals surface area (Å²) >= 11 is 0. The third-order valence-electron chi connectivity index (χ3n) is 3.14. The van der Waals surface area contributed by atoms with E-state index >= 15 is 0 Å². The molecule has 19 heavy (non-hydrogen) atoms. The maximum Gasteiger partial charge on any atom is 0.0400 e. The lowest BCUT2D eigenvalue weighted by molar-refractivity contribution is 0.413. The minimum atomic E-state index is 0.873. The predicted octanol–water partition coefficient (Wildman–Crippen LogP) is 3.40. The lowest BCUT2D eigenvalue weighted by Crippen LogP contribution is -2.15. The second-order valence-corrected chi connectivity index (χ2v) is 5.09. The molecule has 0 amide bonds. The molecule has 2 nitrogen and oxygen atoms in total. The fraction of sp³-hybridized carbons (Fsp3) is 0.294. The summed E-state index contributed by atoms with van der Waals surface area (Å²) < 4.78 is 0. The molecule has 0 atom stereocenters. The van der Waals surface area contributed by atoms with Crippen LogP contribution in [0.3, 0.4) is 0 Å². The summed E-state index contributed by atoms with van der Waals surface area (Å²) in [5.41, 5.74) is 3.88. The zero-order valence-electron chi connectivity index (χ0n) is 11.8. The van der Waals surface area contributed by atoms with Crippen LogP contribution in [0.5, 0.6) is 0 Å². The first-order valence-corrected chi connectivity index (χ1v) is 6.75.